The maximum atomic E-state index is 11.2. The van der Waals surface area contributed by atoms with Gasteiger partial charge in [-0.3, -0.25) is 0 Å². The Kier molecular flexibility index (Phi) is 4.46. The zero-order valence-electron chi connectivity index (χ0n) is 14.6. The number of hydrogen-bond acceptors (Lipinski definition) is 2. The summed E-state index contributed by atoms with van der Waals surface area (Å²) in [4.78, 5) is 3.33. The van der Waals surface area contributed by atoms with Crippen molar-refractivity contribution in [1.29, 1.82) is 0 Å². The summed E-state index contributed by atoms with van der Waals surface area (Å²) in [5.74, 6) is 0.624. The molecule has 0 saturated carbocycles. The average molecular weight is 343 g/mol. The van der Waals surface area contributed by atoms with E-state index in [9.17, 15) is 5.11 Å². The van der Waals surface area contributed by atoms with Crippen LogP contribution in [0, 0.1) is 0 Å². The minimum Gasteiger partial charge on any atom is -0.497 e. The van der Waals surface area contributed by atoms with Crippen LogP contribution in [0.4, 0.5) is 0 Å². The maximum absolute atomic E-state index is 11.2. The number of aliphatic hydroxyl groups excluding tert-OH is 1. The molecule has 0 unspecified atom stereocenters. The van der Waals surface area contributed by atoms with Gasteiger partial charge in [0.25, 0.3) is 0 Å². The summed E-state index contributed by atoms with van der Waals surface area (Å²) >= 11 is 0. The van der Waals surface area contributed by atoms with Gasteiger partial charge in [-0.2, -0.15) is 0 Å². The van der Waals surface area contributed by atoms with E-state index in [0.29, 0.717) is 0 Å². The Morgan fingerprint density at radius 3 is 2.15 bits per heavy atom. The summed E-state index contributed by atoms with van der Waals surface area (Å²) in [6.45, 7) is 0. The third kappa shape index (κ3) is 2.98. The number of rotatable bonds is 5. The first kappa shape index (κ1) is 16.4. The van der Waals surface area contributed by atoms with Crippen LogP contribution in [0.1, 0.15) is 28.7 Å². The number of aromatic nitrogens is 1. The topological polar surface area (TPSA) is 45.2 Å². The Morgan fingerprint density at radius 1 is 0.846 bits per heavy atom. The molecule has 0 bridgehead atoms. The molecule has 4 aromatic rings. The van der Waals surface area contributed by atoms with E-state index in [1.54, 1.807) is 7.11 Å². The highest BCUT2D eigenvalue weighted by atomic mass is 16.5. The van der Waals surface area contributed by atoms with Gasteiger partial charge in [0.1, 0.15) is 5.75 Å². The van der Waals surface area contributed by atoms with Gasteiger partial charge in [-0.05, 0) is 34.9 Å². The molecule has 2 atom stereocenters. The van der Waals surface area contributed by atoms with Gasteiger partial charge in [-0.25, -0.2) is 0 Å². The minimum absolute atomic E-state index is 0.181. The van der Waals surface area contributed by atoms with Crippen molar-refractivity contribution in [3.05, 3.63) is 102 Å². The predicted molar refractivity (Wildman–Crippen MR) is 105 cm³/mol. The Balaban J connectivity index is 1.89. The molecule has 3 aromatic carbocycles. The van der Waals surface area contributed by atoms with E-state index in [1.165, 1.54) is 0 Å². The molecule has 0 aliphatic rings. The maximum Gasteiger partial charge on any atom is 0.119 e. The summed E-state index contributed by atoms with van der Waals surface area (Å²) in [6, 6.07) is 25.9. The molecule has 0 fully saturated rings. The molecule has 0 radical (unpaired) electrons. The lowest BCUT2D eigenvalue weighted by molar-refractivity contribution is 0.159. The van der Waals surface area contributed by atoms with Gasteiger partial charge in [0.15, 0.2) is 0 Å². The van der Waals surface area contributed by atoms with Crippen molar-refractivity contribution in [1.82, 2.24) is 4.98 Å². The Labute approximate surface area is 152 Å². The van der Waals surface area contributed by atoms with Crippen LogP contribution in [0.3, 0.4) is 0 Å². The van der Waals surface area contributed by atoms with Crippen LogP contribution < -0.4 is 4.74 Å². The van der Waals surface area contributed by atoms with Crippen molar-refractivity contribution in [2.45, 2.75) is 12.0 Å². The van der Waals surface area contributed by atoms with Gasteiger partial charge in [0, 0.05) is 23.0 Å². The van der Waals surface area contributed by atoms with Gasteiger partial charge >= 0.3 is 0 Å². The molecule has 0 aliphatic heterocycles. The van der Waals surface area contributed by atoms with E-state index < -0.39 is 6.10 Å². The normalized spacial score (nSPS) is 13.5. The second kappa shape index (κ2) is 7.06. The molecule has 3 nitrogen and oxygen atoms in total. The molecule has 1 aromatic heterocycles. The van der Waals surface area contributed by atoms with Crippen LogP contribution in [-0.4, -0.2) is 17.2 Å². The molecular weight excluding hydrogens is 322 g/mol. The van der Waals surface area contributed by atoms with Crippen LogP contribution >= 0.6 is 0 Å². The number of hydrogen-bond donors (Lipinski definition) is 2. The van der Waals surface area contributed by atoms with Gasteiger partial charge in [-0.15, -0.1) is 0 Å². The summed E-state index contributed by atoms with van der Waals surface area (Å²) in [6.07, 6.45) is 1.34. The van der Waals surface area contributed by atoms with Crippen LogP contribution in [0.2, 0.25) is 0 Å². The molecule has 0 spiro atoms. The Bertz CT molecular complexity index is 993. The van der Waals surface area contributed by atoms with Crippen molar-refractivity contribution < 1.29 is 9.84 Å². The largest absolute Gasteiger partial charge is 0.497 e. The molecular formula is C23H21NO2. The molecule has 0 saturated heterocycles. The van der Waals surface area contributed by atoms with Crippen molar-refractivity contribution in [2.24, 2.45) is 0 Å². The standard InChI is InChI=1S/C23H21NO2/c1-26-18-12-13-21-19(14-18)20(15-24-21)22(16-8-4-2-5-9-16)23(25)17-10-6-3-7-11-17/h2-15,22-25H,1H3/t22-,23+/m1/s1. The van der Waals surface area contributed by atoms with E-state index in [1.807, 2.05) is 72.9 Å². The molecule has 0 amide bonds. The van der Waals surface area contributed by atoms with Crippen molar-refractivity contribution in [2.75, 3.05) is 7.11 Å². The highest BCUT2D eigenvalue weighted by molar-refractivity contribution is 5.85. The fourth-order valence-corrected chi connectivity index (χ4v) is 3.54. The van der Waals surface area contributed by atoms with Crippen LogP contribution in [0.5, 0.6) is 5.75 Å². The van der Waals surface area contributed by atoms with Gasteiger partial charge < -0.3 is 14.8 Å². The third-order valence-electron chi connectivity index (χ3n) is 4.87. The lowest BCUT2D eigenvalue weighted by Gasteiger charge is -2.24. The van der Waals surface area contributed by atoms with Crippen LogP contribution in [0.25, 0.3) is 10.9 Å². The molecule has 1 heterocycles. The molecule has 3 heteroatoms. The number of benzene rings is 3. The fraction of sp³-hybridized carbons (Fsp3) is 0.130. The Morgan fingerprint density at radius 2 is 1.50 bits per heavy atom. The average Bonchev–Trinajstić information content (AvgIpc) is 3.12. The lowest BCUT2D eigenvalue weighted by Crippen LogP contribution is -2.12. The number of H-pyrrole nitrogens is 1. The van der Waals surface area contributed by atoms with Crippen LogP contribution in [0.15, 0.2) is 85.1 Å². The molecule has 2 N–H and O–H groups in total. The smallest absolute Gasteiger partial charge is 0.119 e. The summed E-state index contributed by atoms with van der Waals surface area (Å²) < 4.78 is 5.40. The monoisotopic (exact) mass is 343 g/mol. The van der Waals surface area contributed by atoms with Gasteiger partial charge in [0.05, 0.1) is 13.2 Å². The second-order valence-corrected chi connectivity index (χ2v) is 6.40. The minimum atomic E-state index is -0.649. The van der Waals surface area contributed by atoms with Crippen molar-refractivity contribution in [3.8, 4) is 5.75 Å². The first-order valence-electron chi connectivity index (χ1n) is 8.71. The first-order valence-corrected chi connectivity index (χ1v) is 8.71. The Hall–Kier alpha value is -3.04. The predicted octanol–water partition coefficient (Wildman–Crippen LogP) is 5.04. The molecule has 26 heavy (non-hydrogen) atoms. The van der Waals surface area contributed by atoms with Crippen molar-refractivity contribution in [3.63, 3.8) is 0 Å². The van der Waals surface area contributed by atoms with Gasteiger partial charge in [0.2, 0.25) is 0 Å². The highest BCUT2D eigenvalue weighted by Gasteiger charge is 2.27. The fourth-order valence-electron chi connectivity index (χ4n) is 3.54. The second-order valence-electron chi connectivity index (χ2n) is 6.40. The number of nitrogens with one attached hydrogen (secondary N) is 1. The SMILES string of the molecule is COc1ccc2[nH]cc([C@@H](c3ccccc3)[C@@H](O)c3ccccc3)c2c1. The third-order valence-corrected chi connectivity index (χ3v) is 4.87. The van der Waals surface area contributed by atoms with Crippen LogP contribution in [-0.2, 0) is 0 Å². The van der Waals surface area contributed by atoms with E-state index in [-0.39, 0.29) is 5.92 Å². The summed E-state index contributed by atoms with van der Waals surface area (Å²) in [5, 5.41) is 12.3. The number of aliphatic hydroxyl groups is 1. The van der Waals surface area contributed by atoms with Crippen molar-refractivity contribution >= 4 is 10.9 Å². The first-order chi connectivity index (χ1) is 12.8. The zero-order chi connectivity index (χ0) is 17.9. The number of methoxy groups -OCH3 is 1. The summed E-state index contributed by atoms with van der Waals surface area (Å²) in [5.41, 5.74) is 4.06. The molecule has 130 valence electrons. The van der Waals surface area contributed by atoms with E-state index >= 15 is 0 Å². The molecule has 4 rings (SSSR count). The zero-order valence-corrected chi connectivity index (χ0v) is 14.6. The summed E-state index contributed by atoms with van der Waals surface area (Å²) in [7, 11) is 1.67. The lowest BCUT2D eigenvalue weighted by atomic mass is 9.83. The quantitative estimate of drug-likeness (QED) is 0.533. The van der Waals surface area contributed by atoms with E-state index in [0.717, 1.165) is 33.3 Å². The van der Waals surface area contributed by atoms with E-state index in [2.05, 4.69) is 17.1 Å². The molecule has 0 aliphatic carbocycles. The number of ether oxygens (including phenoxy) is 1. The number of fused-ring (bicyclic) bond motifs is 1. The van der Waals surface area contributed by atoms with Gasteiger partial charge in [-0.1, -0.05) is 60.7 Å². The highest BCUT2D eigenvalue weighted by Crippen LogP contribution is 2.40. The number of aromatic amines is 1. The van der Waals surface area contributed by atoms with E-state index in [4.69, 9.17) is 4.74 Å².